The summed E-state index contributed by atoms with van der Waals surface area (Å²) in [7, 11) is 2.93. The molecule has 0 saturated carbocycles. The molecule has 4 aromatic rings. The summed E-state index contributed by atoms with van der Waals surface area (Å²) in [5.74, 6) is -5.12. The number of ether oxygens (including phenoxy) is 3. The van der Waals surface area contributed by atoms with Crippen LogP contribution in [-0.4, -0.2) is 37.3 Å². The topological polar surface area (TPSA) is 78.8 Å². The number of nitrogens with one attached hydrogen (secondary N) is 1. The third kappa shape index (κ3) is 5.74. The van der Waals surface area contributed by atoms with Gasteiger partial charge in [-0.05, 0) is 30.2 Å². The van der Waals surface area contributed by atoms with Crippen molar-refractivity contribution in [1.29, 1.82) is 0 Å². The zero-order valence-corrected chi connectivity index (χ0v) is 21.4. The maximum atomic E-state index is 14.5. The van der Waals surface area contributed by atoms with Gasteiger partial charge in [0.05, 0.1) is 26.5 Å². The second kappa shape index (κ2) is 11.8. The fourth-order valence-electron chi connectivity index (χ4n) is 4.16. The number of carbonyl (C=O) groups excluding carboxylic acids is 2. The smallest absolute Gasteiger partial charge is 0.357 e. The second-order valence-corrected chi connectivity index (χ2v) is 8.37. The quantitative estimate of drug-likeness (QED) is 0.262. The molecule has 0 radical (unpaired) electrons. The Kier molecular flexibility index (Phi) is 8.24. The number of benzene rings is 3. The third-order valence-corrected chi connectivity index (χ3v) is 5.91. The minimum Gasteiger partial charge on any atom is -0.493 e. The Balaban J connectivity index is 1.93. The lowest BCUT2D eigenvalue weighted by Crippen LogP contribution is -2.20. The van der Waals surface area contributed by atoms with Crippen LogP contribution in [0.3, 0.4) is 0 Å². The van der Waals surface area contributed by atoms with Crippen molar-refractivity contribution in [2.75, 3.05) is 26.1 Å². The molecule has 1 amide bonds. The van der Waals surface area contributed by atoms with Crippen LogP contribution < -0.4 is 14.8 Å². The molecule has 4 rings (SSSR count). The Hall–Kier alpha value is -4.73. The minimum absolute atomic E-state index is 0.0373. The molecule has 0 aliphatic rings. The highest BCUT2D eigenvalue weighted by Crippen LogP contribution is 2.39. The number of hydrogen-bond donors (Lipinski definition) is 1. The number of amides is 1. The van der Waals surface area contributed by atoms with E-state index in [9.17, 15) is 22.8 Å². The van der Waals surface area contributed by atoms with Crippen molar-refractivity contribution < 1.29 is 37.0 Å². The van der Waals surface area contributed by atoms with Gasteiger partial charge in [0.1, 0.15) is 23.0 Å². The molecule has 0 atom stereocenters. The van der Waals surface area contributed by atoms with Gasteiger partial charge in [0.2, 0.25) is 0 Å². The molecular formula is C29H25F3N2O5. The average molecular weight is 539 g/mol. The van der Waals surface area contributed by atoms with E-state index in [0.29, 0.717) is 34.8 Å². The first-order valence-electron chi connectivity index (χ1n) is 11.9. The number of nitrogens with zero attached hydrogens (tertiary/aromatic N) is 1. The van der Waals surface area contributed by atoms with E-state index in [-0.39, 0.29) is 24.5 Å². The molecule has 0 saturated heterocycles. The molecule has 202 valence electrons. The summed E-state index contributed by atoms with van der Waals surface area (Å²) in [6.45, 7) is 1.87. The highest BCUT2D eigenvalue weighted by atomic mass is 19.1. The summed E-state index contributed by atoms with van der Waals surface area (Å²) in [6, 6.07) is 15.0. The van der Waals surface area contributed by atoms with Gasteiger partial charge in [0.25, 0.3) is 5.91 Å². The summed E-state index contributed by atoms with van der Waals surface area (Å²) in [5, 5.41) is 2.47. The van der Waals surface area contributed by atoms with Crippen LogP contribution in [-0.2, 0) is 11.3 Å². The molecule has 0 unspecified atom stereocenters. The summed E-state index contributed by atoms with van der Waals surface area (Å²) >= 11 is 0. The molecule has 1 N–H and O–H groups in total. The molecule has 39 heavy (non-hydrogen) atoms. The monoisotopic (exact) mass is 538 g/mol. The molecule has 3 aromatic carbocycles. The van der Waals surface area contributed by atoms with E-state index < -0.39 is 34.9 Å². The summed E-state index contributed by atoms with van der Waals surface area (Å²) in [5.41, 5.74) is 0.573. The number of aromatic nitrogens is 1. The lowest BCUT2D eigenvalue weighted by atomic mass is 10.1. The van der Waals surface area contributed by atoms with Gasteiger partial charge in [-0.1, -0.05) is 36.4 Å². The predicted octanol–water partition coefficient (Wildman–Crippen LogP) is 6.07. The standard InChI is InChI=1S/C29H25F3N2O5/c1-4-39-29(36)27-26(33-28(35)25-21(31)13-19(30)14-22(25)32)20(16-34(27)15-17-8-6-5-7-9-17)18-10-11-23(37-2)24(12-18)38-3/h5-14,16H,4,15H2,1-3H3,(H,33,35). The number of carbonyl (C=O) groups is 2. The first kappa shape index (κ1) is 27.3. The summed E-state index contributed by atoms with van der Waals surface area (Å²) < 4.78 is 60.0. The van der Waals surface area contributed by atoms with Crippen LogP contribution in [0, 0.1) is 17.5 Å². The van der Waals surface area contributed by atoms with Crippen LogP contribution in [0.4, 0.5) is 18.9 Å². The van der Waals surface area contributed by atoms with E-state index in [4.69, 9.17) is 14.2 Å². The number of esters is 1. The zero-order valence-electron chi connectivity index (χ0n) is 21.4. The molecule has 10 heteroatoms. The maximum absolute atomic E-state index is 14.5. The first-order valence-corrected chi connectivity index (χ1v) is 11.9. The van der Waals surface area contributed by atoms with E-state index >= 15 is 0 Å². The average Bonchev–Trinajstić information content (AvgIpc) is 3.25. The van der Waals surface area contributed by atoms with Gasteiger partial charge in [-0.25, -0.2) is 18.0 Å². The van der Waals surface area contributed by atoms with Crippen LogP contribution in [0.25, 0.3) is 11.1 Å². The SMILES string of the molecule is CCOC(=O)c1c(NC(=O)c2c(F)cc(F)cc2F)c(-c2ccc(OC)c(OC)c2)cn1Cc1ccccc1. The molecule has 0 fully saturated rings. The normalized spacial score (nSPS) is 10.7. The number of methoxy groups -OCH3 is 2. The van der Waals surface area contributed by atoms with E-state index in [1.165, 1.54) is 14.2 Å². The van der Waals surface area contributed by atoms with Gasteiger partial charge in [0, 0.05) is 30.4 Å². The lowest BCUT2D eigenvalue weighted by Gasteiger charge is -2.13. The molecular weight excluding hydrogens is 513 g/mol. The Morgan fingerprint density at radius 2 is 1.56 bits per heavy atom. The Labute approximate surface area is 222 Å². The highest BCUT2D eigenvalue weighted by Gasteiger charge is 2.28. The molecule has 1 aromatic heterocycles. The van der Waals surface area contributed by atoms with Crippen molar-refractivity contribution in [3.05, 3.63) is 101 Å². The number of hydrogen-bond acceptors (Lipinski definition) is 5. The van der Waals surface area contributed by atoms with Crippen LogP contribution in [0.2, 0.25) is 0 Å². The van der Waals surface area contributed by atoms with Crippen molar-refractivity contribution in [1.82, 2.24) is 4.57 Å². The van der Waals surface area contributed by atoms with Gasteiger partial charge in [0.15, 0.2) is 17.2 Å². The van der Waals surface area contributed by atoms with Crippen molar-refractivity contribution in [2.45, 2.75) is 13.5 Å². The van der Waals surface area contributed by atoms with Crippen LogP contribution in [0.15, 0.2) is 66.9 Å². The van der Waals surface area contributed by atoms with Crippen molar-refractivity contribution in [2.24, 2.45) is 0 Å². The molecule has 0 aliphatic heterocycles. The van der Waals surface area contributed by atoms with Crippen molar-refractivity contribution >= 4 is 17.6 Å². The van der Waals surface area contributed by atoms with Crippen LogP contribution >= 0.6 is 0 Å². The largest absolute Gasteiger partial charge is 0.493 e. The van der Waals surface area contributed by atoms with Gasteiger partial charge in [-0.15, -0.1) is 0 Å². The number of halogens is 3. The lowest BCUT2D eigenvalue weighted by molar-refractivity contribution is 0.0515. The van der Waals surface area contributed by atoms with Crippen molar-refractivity contribution in [3.63, 3.8) is 0 Å². The number of anilines is 1. The van der Waals surface area contributed by atoms with E-state index in [1.807, 2.05) is 30.3 Å². The van der Waals surface area contributed by atoms with Gasteiger partial charge in [-0.2, -0.15) is 0 Å². The zero-order chi connectivity index (χ0) is 28.1. The van der Waals surface area contributed by atoms with E-state index in [2.05, 4.69) is 5.32 Å². The van der Waals surface area contributed by atoms with E-state index in [0.717, 1.165) is 5.56 Å². The van der Waals surface area contributed by atoms with Crippen LogP contribution in [0.5, 0.6) is 11.5 Å². The Bertz CT molecular complexity index is 1500. The molecule has 0 spiro atoms. The molecule has 0 aliphatic carbocycles. The summed E-state index contributed by atoms with van der Waals surface area (Å²) in [4.78, 5) is 26.4. The first-order chi connectivity index (χ1) is 18.8. The molecule has 7 nitrogen and oxygen atoms in total. The predicted molar refractivity (Wildman–Crippen MR) is 139 cm³/mol. The minimum atomic E-state index is -1.39. The summed E-state index contributed by atoms with van der Waals surface area (Å²) in [6.07, 6.45) is 1.62. The maximum Gasteiger partial charge on any atom is 0.357 e. The van der Waals surface area contributed by atoms with Gasteiger partial charge >= 0.3 is 5.97 Å². The van der Waals surface area contributed by atoms with Crippen LogP contribution in [0.1, 0.15) is 33.3 Å². The highest BCUT2D eigenvalue weighted by molar-refractivity contribution is 6.11. The Morgan fingerprint density at radius 1 is 0.897 bits per heavy atom. The van der Waals surface area contributed by atoms with Gasteiger partial charge < -0.3 is 24.1 Å². The molecule has 0 bridgehead atoms. The second-order valence-electron chi connectivity index (χ2n) is 8.37. The fourth-order valence-corrected chi connectivity index (χ4v) is 4.16. The third-order valence-electron chi connectivity index (χ3n) is 5.91. The van der Waals surface area contributed by atoms with Crippen molar-refractivity contribution in [3.8, 4) is 22.6 Å². The van der Waals surface area contributed by atoms with E-state index in [1.54, 1.807) is 35.9 Å². The van der Waals surface area contributed by atoms with Gasteiger partial charge in [-0.3, -0.25) is 4.79 Å². The Morgan fingerprint density at radius 3 is 2.18 bits per heavy atom. The molecule has 1 heterocycles. The number of rotatable bonds is 9. The fraction of sp³-hybridized carbons (Fsp3) is 0.172.